The smallest absolute Gasteiger partial charge is 0.156 e. The van der Waals surface area contributed by atoms with Crippen LogP contribution in [0.1, 0.15) is 13.3 Å². The summed E-state index contributed by atoms with van der Waals surface area (Å²) < 4.78 is 5.09. The Kier molecular flexibility index (Phi) is 6.17. The van der Waals surface area contributed by atoms with Crippen LogP contribution in [0.15, 0.2) is 0 Å². The van der Waals surface area contributed by atoms with Gasteiger partial charge in [0, 0.05) is 6.61 Å². The number of hydrogen-bond donors (Lipinski definition) is 1. The average Bonchev–Trinajstić information content (AvgIpc) is 2.05. The van der Waals surface area contributed by atoms with Crippen molar-refractivity contribution in [3.05, 3.63) is 0 Å². The molecule has 0 saturated carbocycles. The number of aliphatic hydroxyl groups is 1. The fraction of sp³-hybridized carbons (Fsp3) is 0.857. The van der Waals surface area contributed by atoms with Crippen molar-refractivity contribution in [3.63, 3.8) is 0 Å². The third-order valence-electron chi connectivity index (χ3n) is 1.40. The van der Waals surface area contributed by atoms with Crippen LogP contribution < -0.4 is 0 Å². The maximum atomic E-state index is 11.0. The van der Waals surface area contributed by atoms with Gasteiger partial charge in [-0.2, -0.15) is 0 Å². The molecule has 0 rings (SSSR count). The number of rotatable bonds is 6. The number of carbonyl (C=O) groups is 1. The van der Waals surface area contributed by atoms with Gasteiger partial charge in [-0.1, -0.05) is 6.92 Å². The zero-order valence-electron chi connectivity index (χ0n) is 7.17. The molecule has 0 bridgehead atoms. The lowest BCUT2D eigenvalue weighted by atomic mass is 9.98. The SMILES string of the molecule is BCC(=O)C(CO)OCCC. The van der Waals surface area contributed by atoms with E-state index in [0.29, 0.717) is 12.9 Å². The van der Waals surface area contributed by atoms with Gasteiger partial charge >= 0.3 is 0 Å². The normalized spacial score (nSPS) is 12.9. The summed E-state index contributed by atoms with van der Waals surface area (Å²) in [6, 6.07) is 0. The molecule has 1 N–H and O–H groups in total. The third-order valence-corrected chi connectivity index (χ3v) is 1.40. The molecule has 0 aliphatic heterocycles. The second-order valence-electron chi connectivity index (χ2n) is 2.36. The number of carbonyl (C=O) groups excluding carboxylic acids is 1. The zero-order valence-corrected chi connectivity index (χ0v) is 7.17. The van der Waals surface area contributed by atoms with Gasteiger partial charge in [0.05, 0.1) is 6.61 Å². The molecule has 0 spiro atoms. The molecule has 0 aromatic rings. The van der Waals surface area contributed by atoms with Crippen molar-refractivity contribution in [2.75, 3.05) is 13.2 Å². The molecule has 0 heterocycles. The summed E-state index contributed by atoms with van der Waals surface area (Å²) in [7, 11) is 1.76. The molecule has 1 unspecified atom stereocenters. The second-order valence-corrected chi connectivity index (χ2v) is 2.36. The first-order valence-corrected chi connectivity index (χ1v) is 4.01. The van der Waals surface area contributed by atoms with Crippen LogP contribution in [0.4, 0.5) is 0 Å². The van der Waals surface area contributed by atoms with E-state index in [2.05, 4.69) is 0 Å². The van der Waals surface area contributed by atoms with Gasteiger partial charge < -0.3 is 9.84 Å². The Morgan fingerprint density at radius 1 is 1.73 bits per heavy atom. The Bertz CT molecular complexity index is 116. The molecule has 1 atom stereocenters. The first kappa shape index (κ1) is 10.7. The molecular weight excluding hydrogens is 143 g/mol. The van der Waals surface area contributed by atoms with Crippen molar-refractivity contribution < 1.29 is 14.6 Å². The summed E-state index contributed by atoms with van der Waals surface area (Å²) >= 11 is 0. The van der Waals surface area contributed by atoms with Gasteiger partial charge in [-0.3, -0.25) is 4.79 Å². The van der Waals surface area contributed by atoms with Crippen molar-refractivity contribution in [2.45, 2.75) is 25.8 Å². The number of hydrogen-bond acceptors (Lipinski definition) is 3. The molecule has 0 aromatic carbocycles. The van der Waals surface area contributed by atoms with Crippen molar-refractivity contribution in [1.29, 1.82) is 0 Å². The zero-order chi connectivity index (χ0) is 8.69. The quantitative estimate of drug-likeness (QED) is 0.524. The van der Waals surface area contributed by atoms with Crippen molar-refractivity contribution in [1.82, 2.24) is 0 Å². The maximum absolute atomic E-state index is 11.0. The molecule has 0 radical (unpaired) electrons. The van der Waals surface area contributed by atoms with Crippen LogP contribution in [0.25, 0.3) is 0 Å². The Morgan fingerprint density at radius 3 is 2.73 bits per heavy atom. The maximum Gasteiger partial charge on any atom is 0.156 e. The van der Waals surface area contributed by atoms with E-state index in [4.69, 9.17) is 9.84 Å². The van der Waals surface area contributed by atoms with Crippen LogP contribution in [-0.2, 0) is 9.53 Å². The van der Waals surface area contributed by atoms with E-state index in [1.54, 1.807) is 7.85 Å². The Hall–Kier alpha value is -0.345. The molecule has 0 amide bonds. The highest BCUT2D eigenvalue weighted by Crippen LogP contribution is 1.96. The predicted molar refractivity (Wildman–Crippen MR) is 45.5 cm³/mol. The van der Waals surface area contributed by atoms with E-state index in [1.165, 1.54) is 0 Å². The highest BCUT2D eigenvalue weighted by Gasteiger charge is 2.14. The van der Waals surface area contributed by atoms with Gasteiger partial charge in [0.15, 0.2) is 5.78 Å². The van der Waals surface area contributed by atoms with E-state index < -0.39 is 6.10 Å². The first-order valence-electron chi connectivity index (χ1n) is 4.01. The number of Topliss-reactive ketones (excluding diaryl/α,β-unsaturated/α-hetero) is 1. The topological polar surface area (TPSA) is 46.5 Å². The Morgan fingerprint density at radius 2 is 2.36 bits per heavy atom. The van der Waals surface area contributed by atoms with Gasteiger partial charge in [-0.15, -0.1) is 0 Å². The summed E-state index contributed by atoms with van der Waals surface area (Å²) in [6.45, 7) is 2.30. The molecule has 0 aromatic heterocycles. The molecule has 3 nitrogen and oxygen atoms in total. The van der Waals surface area contributed by atoms with E-state index in [-0.39, 0.29) is 12.4 Å². The lowest BCUT2D eigenvalue weighted by molar-refractivity contribution is -0.130. The molecule has 0 saturated heterocycles. The highest BCUT2D eigenvalue weighted by atomic mass is 16.5. The van der Waals surface area contributed by atoms with Crippen LogP contribution in [0, 0.1) is 0 Å². The molecule has 11 heavy (non-hydrogen) atoms. The number of ether oxygens (including phenoxy) is 1. The van der Waals surface area contributed by atoms with Crippen LogP contribution in [0.3, 0.4) is 0 Å². The first-order chi connectivity index (χ1) is 5.26. The van der Waals surface area contributed by atoms with Gasteiger partial charge in [0.25, 0.3) is 0 Å². The van der Waals surface area contributed by atoms with E-state index in [0.717, 1.165) is 6.42 Å². The predicted octanol–water partition coefficient (Wildman–Crippen LogP) is -0.606. The summed E-state index contributed by atoms with van der Waals surface area (Å²) in [5.41, 5.74) is 0. The Labute approximate surface area is 68.1 Å². The molecule has 0 aliphatic carbocycles. The third kappa shape index (κ3) is 4.16. The largest absolute Gasteiger partial charge is 0.393 e. The minimum Gasteiger partial charge on any atom is -0.393 e. The average molecular weight is 158 g/mol. The second kappa shape index (κ2) is 6.37. The highest BCUT2D eigenvalue weighted by molar-refractivity contribution is 6.21. The molecule has 64 valence electrons. The van der Waals surface area contributed by atoms with Gasteiger partial charge in [-0.25, -0.2) is 0 Å². The molecule has 0 aliphatic rings. The summed E-state index contributed by atoms with van der Waals surface area (Å²) in [6.07, 6.45) is 0.697. The monoisotopic (exact) mass is 158 g/mol. The standard InChI is InChI=1S/C7H15BO3/c1-2-3-11-7(5-9)6(10)4-8/h7,9H,2-5,8H2,1H3. The van der Waals surface area contributed by atoms with Crippen LogP contribution >= 0.6 is 0 Å². The minimum absolute atomic E-state index is 0.0269. The molecule has 0 fully saturated rings. The van der Waals surface area contributed by atoms with Crippen molar-refractivity contribution in [3.8, 4) is 0 Å². The lowest BCUT2D eigenvalue weighted by Crippen LogP contribution is -2.28. The Balaban J connectivity index is 3.65. The summed E-state index contributed by atoms with van der Waals surface area (Å²) in [4.78, 5) is 11.0. The summed E-state index contributed by atoms with van der Waals surface area (Å²) in [5, 5.41) is 8.71. The van der Waals surface area contributed by atoms with E-state index in [9.17, 15) is 4.79 Å². The van der Waals surface area contributed by atoms with Crippen LogP contribution in [-0.4, -0.2) is 38.1 Å². The van der Waals surface area contributed by atoms with Gasteiger partial charge in [0.2, 0.25) is 0 Å². The van der Waals surface area contributed by atoms with Gasteiger partial charge in [-0.05, 0) is 12.7 Å². The van der Waals surface area contributed by atoms with Gasteiger partial charge in [0.1, 0.15) is 14.0 Å². The molecular formula is C7H15BO3. The fourth-order valence-electron chi connectivity index (χ4n) is 0.735. The van der Waals surface area contributed by atoms with E-state index >= 15 is 0 Å². The van der Waals surface area contributed by atoms with Crippen molar-refractivity contribution in [2.24, 2.45) is 0 Å². The minimum atomic E-state index is -0.597. The van der Waals surface area contributed by atoms with Crippen LogP contribution in [0.2, 0.25) is 6.32 Å². The van der Waals surface area contributed by atoms with Crippen LogP contribution in [0.5, 0.6) is 0 Å². The van der Waals surface area contributed by atoms with E-state index in [1.807, 2.05) is 6.92 Å². The summed E-state index contributed by atoms with van der Waals surface area (Å²) in [5.74, 6) is -0.0269. The lowest BCUT2D eigenvalue weighted by Gasteiger charge is -2.11. The number of ketones is 1. The number of aliphatic hydroxyl groups excluding tert-OH is 1. The van der Waals surface area contributed by atoms with Crippen molar-refractivity contribution >= 4 is 13.6 Å². The fourth-order valence-corrected chi connectivity index (χ4v) is 0.735. The molecule has 4 heteroatoms.